The standard InChI is InChI=1S/C14H22ClN3O2/c1-9(2)20-13-5-10(3)16-14(17-13)18-7-12(6-15)19-8-11(18)4/h5,9,11-12H,6-8H2,1-4H3. The summed E-state index contributed by atoms with van der Waals surface area (Å²) < 4.78 is 11.3. The quantitative estimate of drug-likeness (QED) is 0.799. The van der Waals surface area contributed by atoms with Crippen molar-refractivity contribution in [3.8, 4) is 5.88 Å². The maximum absolute atomic E-state index is 5.90. The molecule has 1 aromatic heterocycles. The number of halogens is 1. The third-order valence-corrected chi connectivity index (χ3v) is 3.45. The largest absolute Gasteiger partial charge is 0.475 e. The maximum Gasteiger partial charge on any atom is 0.229 e. The summed E-state index contributed by atoms with van der Waals surface area (Å²) in [4.78, 5) is 11.2. The number of nitrogens with zero attached hydrogens (tertiary/aromatic N) is 3. The van der Waals surface area contributed by atoms with Crippen LogP contribution in [0.3, 0.4) is 0 Å². The highest BCUT2D eigenvalue weighted by atomic mass is 35.5. The highest BCUT2D eigenvalue weighted by molar-refractivity contribution is 6.18. The van der Waals surface area contributed by atoms with Crippen molar-refractivity contribution in [3.63, 3.8) is 0 Å². The lowest BCUT2D eigenvalue weighted by Crippen LogP contribution is -2.49. The van der Waals surface area contributed by atoms with Crippen LogP contribution in [0.15, 0.2) is 6.07 Å². The fourth-order valence-corrected chi connectivity index (χ4v) is 2.33. The number of alkyl halides is 1. The number of aromatic nitrogens is 2. The number of aryl methyl sites for hydroxylation is 1. The highest BCUT2D eigenvalue weighted by Crippen LogP contribution is 2.22. The van der Waals surface area contributed by atoms with E-state index in [9.17, 15) is 0 Å². The summed E-state index contributed by atoms with van der Waals surface area (Å²) in [5, 5.41) is 0. The smallest absolute Gasteiger partial charge is 0.229 e. The van der Waals surface area contributed by atoms with Crippen molar-refractivity contribution >= 4 is 17.5 Å². The van der Waals surface area contributed by atoms with Crippen molar-refractivity contribution in [2.75, 3.05) is 23.9 Å². The molecule has 1 aromatic rings. The molecule has 112 valence electrons. The van der Waals surface area contributed by atoms with Crippen LogP contribution < -0.4 is 9.64 Å². The Labute approximate surface area is 125 Å². The van der Waals surface area contributed by atoms with Crippen molar-refractivity contribution in [2.24, 2.45) is 0 Å². The molecule has 0 bridgehead atoms. The molecule has 0 aromatic carbocycles. The zero-order valence-corrected chi connectivity index (χ0v) is 13.2. The third-order valence-electron chi connectivity index (χ3n) is 3.11. The second-order valence-electron chi connectivity index (χ2n) is 5.43. The Bertz CT molecular complexity index is 456. The molecule has 0 saturated carbocycles. The van der Waals surface area contributed by atoms with Crippen molar-refractivity contribution in [3.05, 3.63) is 11.8 Å². The van der Waals surface area contributed by atoms with Crippen LogP contribution in [0.1, 0.15) is 26.5 Å². The van der Waals surface area contributed by atoms with E-state index >= 15 is 0 Å². The Morgan fingerprint density at radius 1 is 1.50 bits per heavy atom. The average molecular weight is 300 g/mol. The van der Waals surface area contributed by atoms with Gasteiger partial charge < -0.3 is 14.4 Å². The first-order chi connectivity index (χ1) is 9.49. The monoisotopic (exact) mass is 299 g/mol. The molecule has 0 amide bonds. The van der Waals surface area contributed by atoms with Crippen molar-refractivity contribution < 1.29 is 9.47 Å². The zero-order valence-electron chi connectivity index (χ0n) is 12.5. The van der Waals surface area contributed by atoms with Gasteiger partial charge in [-0.05, 0) is 27.7 Å². The van der Waals surface area contributed by atoms with Gasteiger partial charge in [0, 0.05) is 18.3 Å². The molecular formula is C14H22ClN3O2. The van der Waals surface area contributed by atoms with E-state index in [1.54, 1.807) is 0 Å². The topological polar surface area (TPSA) is 47.5 Å². The van der Waals surface area contributed by atoms with E-state index in [1.165, 1.54) is 0 Å². The number of morpholine rings is 1. The molecule has 1 fully saturated rings. The number of rotatable bonds is 4. The van der Waals surface area contributed by atoms with Crippen molar-refractivity contribution in [2.45, 2.75) is 45.9 Å². The Hall–Kier alpha value is -1.07. The lowest BCUT2D eigenvalue weighted by molar-refractivity contribution is 0.0357. The number of hydrogen-bond acceptors (Lipinski definition) is 5. The number of anilines is 1. The van der Waals surface area contributed by atoms with Gasteiger partial charge in [0.1, 0.15) is 0 Å². The summed E-state index contributed by atoms with van der Waals surface area (Å²) in [5.41, 5.74) is 0.895. The van der Waals surface area contributed by atoms with Crippen LogP contribution in [0.5, 0.6) is 5.88 Å². The van der Waals surface area contributed by atoms with E-state index in [0.717, 1.165) is 5.69 Å². The third kappa shape index (κ3) is 3.73. The van der Waals surface area contributed by atoms with E-state index in [-0.39, 0.29) is 18.2 Å². The van der Waals surface area contributed by atoms with Crippen LogP contribution in [-0.4, -0.2) is 47.2 Å². The first-order valence-electron chi connectivity index (χ1n) is 6.96. The minimum absolute atomic E-state index is 0.0199. The van der Waals surface area contributed by atoms with Crippen molar-refractivity contribution in [1.82, 2.24) is 9.97 Å². The van der Waals surface area contributed by atoms with E-state index in [0.29, 0.717) is 30.9 Å². The predicted octanol–water partition coefficient (Wildman–Crippen LogP) is 2.40. The van der Waals surface area contributed by atoms with Gasteiger partial charge in [-0.25, -0.2) is 4.98 Å². The summed E-state index contributed by atoms with van der Waals surface area (Å²) >= 11 is 5.90. The van der Waals surface area contributed by atoms with Gasteiger partial charge >= 0.3 is 0 Å². The Kier molecular flexibility index (Phi) is 5.05. The number of ether oxygens (including phenoxy) is 2. The molecule has 6 heteroatoms. The van der Waals surface area contributed by atoms with Crippen LogP contribution in [-0.2, 0) is 4.74 Å². The maximum atomic E-state index is 5.90. The Morgan fingerprint density at radius 2 is 2.25 bits per heavy atom. The minimum atomic E-state index is 0.0199. The summed E-state index contributed by atoms with van der Waals surface area (Å²) in [6, 6.07) is 2.08. The molecule has 2 unspecified atom stereocenters. The molecular weight excluding hydrogens is 278 g/mol. The van der Waals surface area contributed by atoms with Crippen LogP contribution in [0, 0.1) is 6.92 Å². The van der Waals surface area contributed by atoms with Crippen LogP contribution in [0.2, 0.25) is 0 Å². The van der Waals surface area contributed by atoms with Crippen molar-refractivity contribution in [1.29, 1.82) is 0 Å². The van der Waals surface area contributed by atoms with Gasteiger partial charge in [0.2, 0.25) is 11.8 Å². The summed E-state index contributed by atoms with van der Waals surface area (Å²) in [7, 11) is 0. The van der Waals surface area contributed by atoms with Gasteiger partial charge in [0.15, 0.2) is 0 Å². The van der Waals surface area contributed by atoms with Gasteiger partial charge in [-0.1, -0.05) is 0 Å². The minimum Gasteiger partial charge on any atom is -0.475 e. The van der Waals surface area contributed by atoms with E-state index in [2.05, 4.69) is 21.8 Å². The van der Waals surface area contributed by atoms with Crippen LogP contribution >= 0.6 is 11.6 Å². The number of hydrogen-bond donors (Lipinski definition) is 0. The lowest BCUT2D eigenvalue weighted by Gasteiger charge is -2.37. The Morgan fingerprint density at radius 3 is 2.90 bits per heavy atom. The lowest BCUT2D eigenvalue weighted by atomic mass is 10.2. The highest BCUT2D eigenvalue weighted by Gasteiger charge is 2.28. The van der Waals surface area contributed by atoms with Gasteiger partial charge in [-0.15, -0.1) is 11.6 Å². The molecule has 2 rings (SSSR count). The van der Waals surface area contributed by atoms with Crippen LogP contribution in [0.25, 0.3) is 0 Å². The molecule has 20 heavy (non-hydrogen) atoms. The fourth-order valence-electron chi connectivity index (χ4n) is 2.14. The van der Waals surface area contributed by atoms with Gasteiger partial charge in [-0.3, -0.25) is 0 Å². The summed E-state index contributed by atoms with van der Waals surface area (Å²) in [6.45, 7) is 9.35. The SMILES string of the molecule is Cc1cc(OC(C)C)nc(N2CC(CCl)OCC2C)n1. The molecule has 2 heterocycles. The summed E-state index contributed by atoms with van der Waals surface area (Å²) in [6.07, 6.45) is 0.112. The molecule has 1 aliphatic heterocycles. The molecule has 0 spiro atoms. The second-order valence-corrected chi connectivity index (χ2v) is 5.73. The first kappa shape index (κ1) is 15.3. The first-order valence-corrected chi connectivity index (χ1v) is 7.49. The normalized spacial score (nSPS) is 23.2. The molecule has 0 aliphatic carbocycles. The molecule has 0 radical (unpaired) electrons. The van der Waals surface area contributed by atoms with Gasteiger partial charge in [-0.2, -0.15) is 4.98 Å². The molecule has 1 saturated heterocycles. The van der Waals surface area contributed by atoms with E-state index in [1.807, 2.05) is 26.8 Å². The van der Waals surface area contributed by atoms with E-state index in [4.69, 9.17) is 21.1 Å². The molecule has 1 aliphatic rings. The summed E-state index contributed by atoms with van der Waals surface area (Å²) in [5.74, 6) is 1.78. The van der Waals surface area contributed by atoms with Gasteiger partial charge in [0.05, 0.1) is 30.7 Å². The van der Waals surface area contributed by atoms with Crippen LogP contribution in [0.4, 0.5) is 5.95 Å². The van der Waals surface area contributed by atoms with E-state index < -0.39 is 0 Å². The molecule has 5 nitrogen and oxygen atoms in total. The molecule has 2 atom stereocenters. The zero-order chi connectivity index (χ0) is 14.7. The van der Waals surface area contributed by atoms with Gasteiger partial charge in [0.25, 0.3) is 0 Å². The predicted molar refractivity (Wildman–Crippen MR) is 79.8 cm³/mol. The fraction of sp³-hybridized carbons (Fsp3) is 0.714. The second kappa shape index (κ2) is 6.59. The molecule has 0 N–H and O–H groups in total. The average Bonchev–Trinajstić information content (AvgIpc) is 2.37. The Balaban J connectivity index is 2.23.